The lowest BCUT2D eigenvalue weighted by Crippen LogP contribution is -2.28. The van der Waals surface area contributed by atoms with Crippen LogP contribution < -0.4 is 10.0 Å². The zero-order valence-electron chi connectivity index (χ0n) is 16.3. The van der Waals surface area contributed by atoms with Crippen LogP contribution in [0.15, 0.2) is 77.4 Å². The van der Waals surface area contributed by atoms with E-state index < -0.39 is 22.5 Å². The summed E-state index contributed by atoms with van der Waals surface area (Å²) in [4.78, 5) is 0.777. The lowest BCUT2D eigenvalue weighted by Gasteiger charge is -2.15. The summed E-state index contributed by atoms with van der Waals surface area (Å²) >= 11 is 0. The highest BCUT2D eigenvalue weighted by Crippen LogP contribution is 2.24. The number of aryl methyl sites for hydroxylation is 1. The standard InChI is InChI=1S/C23H25F2N3S/c1-27-16-23-19(14-18-10-13-21(24)22(25)15-18)11-12-20(28-29(23)26)9-5-8-17-6-3-2-4-7-17/h2-4,6-7,10-16,20,27H,5,8-9H2,1H3,(H2,26,28)/b19-14+,23-16?. The van der Waals surface area contributed by atoms with Crippen LogP contribution >= 0.6 is 0 Å². The number of allylic oxidation sites excluding steroid dienone is 2. The quantitative estimate of drug-likeness (QED) is 0.605. The normalized spacial score (nSPS) is 22.0. The van der Waals surface area contributed by atoms with Crippen molar-refractivity contribution in [2.24, 2.45) is 0 Å². The molecule has 1 aliphatic heterocycles. The molecule has 3 nitrogen and oxygen atoms in total. The minimum Gasteiger partial charge on any atom is -0.393 e. The minimum atomic E-state index is -0.937. The van der Waals surface area contributed by atoms with Crippen LogP contribution in [0.4, 0.5) is 8.78 Å². The van der Waals surface area contributed by atoms with Gasteiger partial charge < -0.3 is 5.32 Å². The molecule has 0 amide bonds. The predicted octanol–water partition coefficient (Wildman–Crippen LogP) is 5.26. The molecule has 1 aliphatic rings. The fourth-order valence-electron chi connectivity index (χ4n) is 3.17. The van der Waals surface area contributed by atoms with Gasteiger partial charge >= 0.3 is 0 Å². The van der Waals surface area contributed by atoms with Crippen LogP contribution in [0.5, 0.6) is 0 Å². The molecule has 0 spiro atoms. The topological polar surface area (TPSA) is 47.9 Å². The lowest BCUT2D eigenvalue weighted by molar-refractivity contribution is 0.508. The van der Waals surface area contributed by atoms with Crippen molar-refractivity contribution in [3.05, 3.63) is 100 Å². The lowest BCUT2D eigenvalue weighted by atomic mass is 10.0. The van der Waals surface area contributed by atoms with Gasteiger partial charge in [-0.3, -0.25) is 4.78 Å². The summed E-state index contributed by atoms with van der Waals surface area (Å²) in [5.74, 6) is -1.74. The van der Waals surface area contributed by atoms with Crippen LogP contribution in [0.1, 0.15) is 24.0 Å². The van der Waals surface area contributed by atoms with Crippen molar-refractivity contribution in [3.8, 4) is 0 Å². The molecule has 0 saturated heterocycles. The number of hydrogen-bond acceptors (Lipinski definition) is 2. The van der Waals surface area contributed by atoms with Crippen molar-refractivity contribution >= 4 is 17.0 Å². The molecular formula is C23H25F2N3S. The van der Waals surface area contributed by atoms with Gasteiger partial charge in [0.25, 0.3) is 0 Å². The molecule has 3 rings (SSSR count). The van der Waals surface area contributed by atoms with Gasteiger partial charge in [-0.2, -0.15) is 0 Å². The van der Waals surface area contributed by atoms with E-state index in [0.29, 0.717) is 5.56 Å². The second-order valence-electron chi connectivity index (χ2n) is 6.84. The van der Waals surface area contributed by atoms with Crippen LogP contribution in [-0.4, -0.2) is 13.1 Å². The van der Waals surface area contributed by atoms with Gasteiger partial charge in [0.2, 0.25) is 0 Å². The molecule has 2 aromatic carbocycles. The zero-order valence-corrected chi connectivity index (χ0v) is 17.1. The Morgan fingerprint density at radius 1 is 1.14 bits per heavy atom. The second-order valence-corrected chi connectivity index (χ2v) is 8.13. The first-order valence-electron chi connectivity index (χ1n) is 9.55. The van der Waals surface area contributed by atoms with Gasteiger partial charge in [0, 0.05) is 19.3 Å². The minimum absolute atomic E-state index is 0.0793. The molecule has 0 radical (unpaired) electrons. The van der Waals surface area contributed by atoms with Crippen molar-refractivity contribution in [2.45, 2.75) is 25.3 Å². The molecule has 152 valence electrons. The van der Waals surface area contributed by atoms with Crippen LogP contribution in [0, 0.1) is 16.4 Å². The highest BCUT2D eigenvalue weighted by Gasteiger charge is 2.17. The Morgan fingerprint density at radius 3 is 2.66 bits per heavy atom. The summed E-state index contributed by atoms with van der Waals surface area (Å²) in [6, 6.07) is 14.3. The first kappa shape index (κ1) is 21.1. The number of benzene rings is 2. The maximum absolute atomic E-state index is 13.6. The SMILES string of the molecule is CNC=C1/C(=C/c2ccc(F)c(F)c2)C=CC(CCCc2ccccc2)NS1=N. The third-order valence-electron chi connectivity index (χ3n) is 4.65. The summed E-state index contributed by atoms with van der Waals surface area (Å²) in [6.45, 7) is 0. The fourth-order valence-corrected chi connectivity index (χ4v) is 4.40. The van der Waals surface area contributed by atoms with Gasteiger partial charge in [-0.05, 0) is 65.0 Å². The maximum Gasteiger partial charge on any atom is 0.159 e. The Morgan fingerprint density at radius 2 is 1.93 bits per heavy atom. The predicted molar refractivity (Wildman–Crippen MR) is 117 cm³/mol. The van der Waals surface area contributed by atoms with Crippen molar-refractivity contribution in [1.82, 2.24) is 10.0 Å². The van der Waals surface area contributed by atoms with E-state index in [2.05, 4.69) is 28.2 Å². The van der Waals surface area contributed by atoms with E-state index in [-0.39, 0.29) is 6.04 Å². The molecule has 0 saturated carbocycles. The largest absolute Gasteiger partial charge is 0.393 e. The Bertz CT molecular complexity index is 952. The van der Waals surface area contributed by atoms with Crippen LogP contribution in [-0.2, 0) is 17.3 Å². The monoisotopic (exact) mass is 413 g/mol. The summed E-state index contributed by atoms with van der Waals surface area (Å²) in [5, 5.41) is 2.99. The van der Waals surface area contributed by atoms with Crippen molar-refractivity contribution < 1.29 is 8.78 Å². The van der Waals surface area contributed by atoms with Crippen molar-refractivity contribution in [1.29, 1.82) is 4.78 Å². The van der Waals surface area contributed by atoms with E-state index in [4.69, 9.17) is 4.78 Å². The van der Waals surface area contributed by atoms with Gasteiger partial charge in [0.15, 0.2) is 11.6 Å². The Hall–Kier alpha value is -2.57. The molecule has 1 heterocycles. The average molecular weight is 414 g/mol. The van der Waals surface area contributed by atoms with Gasteiger partial charge in [-0.15, -0.1) is 0 Å². The first-order chi connectivity index (χ1) is 14.1. The molecule has 0 fully saturated rings. The number of halogens is 2. The van der Waals surface area contributed by atoms with E-state index in [1.165, 1.54) is 17.7 Å². The van der Waals surface area contributed by atoms with E-state index in [9.17, 15) is 8.78 Å². The summed E-state index contributed by atoms with van der Waals surface area (Å²) in [7, 11) is 0.846. The molecule has 0 bridgehead atoms. The van der Waals surface area contributed by atoms with E-state index in [0.717, 1.165) is 35.8 Å². The number of hydrogen-bond donors (Lipinski definition) is 3. The second kappa shape index (κ2) is 10.3. The number of rotatable bonds is 6. The fraction of sp³-hybridized carbons (Fsp3) is 0.217. The van der Waals surface area contributed by atoms with Gasteiger partial charge in [0.05, 0.1) is 4.91 Å². The van der Waals surface area contributed by atoms with Gasteiger partial charge in [0.1, 0.15) is 0 Å². The zero-order chi connectivity index (χ0) is 20.6. The number of nitrogens with one attached hydrogen (secondary N) is 3. The van der Waals surface area contributed by atoms with E-state index >= 15 is 0 Å². The summed E-state index contributed by atoms with van der Waals surface area (Å²) in [5.41, 5.74) is 2.68. The molecule has 6 heteroatoms. The third-order valence-corrected chi connectivity index (χ3v) is 5.98. The van der Waals surface area contributed by atoms with E-state index in [1.54, 1.807) is 19.3 Å². The molecule has 0 aromatic heterocycles. The molecule has 29 heavy (non-hydrogen) atoms. The van der Waals surface area contributed by atoms with Crippen LogP contribution in [0.3, 0.4) is 0 Å². The van der Waals surface area contributed by atoms with E-state index in [1.807, 2.05) is 24.3 Å². The molecule has 3 N–H and O–H groups in total. The van der Waals surface area contributed by atoms with Crippen LogP contribution in [0.25, 0.3) is 6.08 Å². The average Bonchev–Trinajstić information content (AvgIpc) is 2.85. The Kier molecular flexibility index (Phi) is 7.49. The molecule has 0 aliphatic carbocycles. The highest BCUT2D eigenvalue weighted by molar-refractivity contribution is 7.88. The van der Waals surface area contributed by atoms with Crippen LogP contribution in [0.2, 0.25) is 0 Å². The molecule has 2 atom stereocenters. The van der Waals surface area contributed by atoms with Crippen molar-refractivity contribution in [3.63, 3.8) is 0 Å². The first-order valence-corrected chi connectivity index (χ1v) is 10.8. The Labute approximate surface area is 173 Å². The third kappa shape index (κ3) is 5.95. The summed E-state index contributed by atoms with van der Waals surface area (Å²) in [6.07, 6.45) is 10.5. The highest BCUT2D eigenvalue weighted by atomic mass is 32.2. The Balaban J connectivity index is 1.77. The smallest absolute Gasteiger partial charge is 0.159 e. The van der Waals surface area contributed by atoms with Gasteiger partial charge in [-0.25, -0.2) is 13.5 Å². The molecular weight excluding hydrogens is 388 g/mol. The molecule has 2 aromatic rings. The summed E-state index contributed by atoms with van der Waals surface area (Å²) < 4.78 is 38.7. The molecule has 2 unspecified atom stereocenters. The van der Waals surface area contributed by atoms with Crippen molar-refractivity contribution in [2.75, 3.05) is 7.05 Å². The maximum atomic E-state index is 13.6. The van der Waals surface area contributed by atoms with Gasteiger partial charge in [-0.1, -0.05) is 48.6 Å².